The highest BCUT2D eigenvalue weighted by atomic mass is 35.5. The zero-order chi connectivity index (χ0) is 12.3. The Bertz CT molecular complexity index is 512. The van der Waals surface area contributed by atoms with Crippen molar-refractivity contribution in [2.45, 2.75) is 12.8 Å². The Morgan fingerprint density at radius 2 is 2.06 bits per heavy atom. The lowest BCUT2D eigenvalue weighted by Gasteiger charge is -2.07. The van der Waals surface area contributed by atoms with Crippen LogP contribution < -0.4 is 5.32 Å². The molecule has 17 heavy (non-hydrogen) atoms. The van der Waals surface area contributed by atoms with Crippen LogP contribution in [0.4, 0.5) is 11.5 Å². The van der Waals surface area contributed by atoms with Gasteiger partial charge in [0.15, 0.2) is 0 Å². The third-order valence-electron chi connectivity index (χ3n) is 2.23. The fourth-order valence-electron chi connectivity index (χ4n) is 1.32. The molecule has 0 radical (unpaired) electrons. The van der Waals surface area contributed by atoms with Crippen molar-refractivity contribution in [3.05, 3.63) is 46.9 Å². The minimum absolute atomic E-state index is 0.402. The molecule has 0 amide bonds. The molecule has 0 atom stereocenters. The predicted molar refractivity (Wildman–Crippen MR) is 71.1 cm³/mol. The highest BCUT2D eigenvalue weighted by Gasteiger charge is 2.03. The SMILES string of the molecule is Cc1ccc(Nc2ncc(CCl)cc2Cl)cn1. The number of hydrogen-bond donors (Lipinski definition) is 1. The minimum atomic E-state index is 0.402. The first-order valence-electron chi connectivity index (χ1n) is 5.09. The van der Waals surface area contributed by atoms with E-state index in [9.17, 15) is 0 Å². The first-order chi connectivity index (χ1) is 8.19. The number of nitrogens with zero attached hydrogens (tertiary/aromatic N) is 2. The van der Waals surface area contributed by atoms with E-state index >= 15 is 0 Å². The smallest absolute Gasteiger partial charge is 0.149 e. The fourth-order valence-corrected chi connectivity index (χ4v) is 1.70. The van der Waals surface area contributed by atoms with Crippen molar-refractivity contribution >= 4 is 34.7 Å². The van der Waals surface area contributed by atoms with E-state index in [1.807, 2.05) is 19.1 Å². The molecule has 0 fully saturated rings. The van der Waals surface area contributed by atoms with E-state index in [2.05, 4.69) is 15.3 Å². The van der Waals surface area contributed by atoms with Gasteiger partial charge in [0.05, 0.1) is 16.9 Å². The Balaban J connectivity index is 2.21. The summed E-state index contributed by atoms with van der Waals surface area (Å²) >= 11 is 11.8. The molecule has 2 aromatic heterocycles. The third-order valence-corrected chi connectivity index (χ3v) is 2.82. The summed E-state index contributed by atoms with van der Waals surface area (Å²) in [6.07, 6.45) is 3.44. The maximum absolute atomic E-state index is 6.09. The number of hydrogen-bond acceptors (Lipinski definition) is 3. The number of anilines is 2. The molecular weight excluding hydrogens is 257 g/mol. The molecule has 88 valence electrons. The number of rotatable bonds is 3. The summed E-state index contributed by atoms with van der Waals surface area (Å²) in [5.74, 6) is 1.00. The van der Waals surface area contributed by atoms with E-state index in [4.69, 9.17) is 23.2 Å². The lowest BCUT2D eigenvalue weighted by Crippen LogP contribution is -1.96. The van der Waals surface area contributed by atoms with Crippen molar-refractivity contribution in [3.63, 3.8) is 0 Å². The van der Waals surface area contributed by atoms with Crippen LogP contribution in [0.2, 0.25) is 5.02 Å². The minimum Gasteiger partial charge on any atom is -0.338 e. The molecule has 1 N–H and O–H groups in total. The van der Waals surface area contributed by atoms with Crippen LogP contribution in [0.25, 0.3) is 0 Å². The van der Waals surface area contributed by atoms with Crippen LogP contribution >= 0.6 is 23.2 Å². The lowest BCUT2D eigenvalue weighted by atomic mass is 10.3. The van der Waals surface area contributed by atoms with Gasteiger partial charge in [-0.05, 0) is 30.7 Å². The topological polar surface area (TPSA) is 37.8 Å². The van der Waals surface area contributed by atoms with E-state index in [-0.39, 0.29) is 0 Å². The summed E-state index contributed by atoms with van der Waals surface area (Å²) < 4.78 is 0. The van der Waals surface area contributed by atoms with Crippen LogP contribution in [0.1, 0.15) is 11.3 Å². The van der Waals surface area contributed by atoms with Gasteiger partial charge in [0.1, 0.15) is 5.82 Å². The first-order valence-corrected chi connectivity index (χ1v) is 6.00. The number of halogens is 2. The van der Waals surface area contributed by atoms with Crippen molar-refractivity contribution in [2.24, 2.45) is 0 Å². The molecule has 2 rings (SSSR count). The lowest BCUT2D eigenvalue weighted by molar-refractivity contribution is 1.19. The molecule has 0 bridgehead atoms. The summed E-state index contributed by atoms with van der Waals surface area (Å²) in [5, 5.41) is 3.65. The Kier molecular flexibility index (Phi) is 3.82. The number of aryl methyl sites for hydroxylation is 1. The fraction of sp³-hybridized carbons (Fsp3) is 0.167. The van der Waals surface area contributed by atoms with Gasteiger partial charge in [-0.25, -0.2) is 4.98 Å². The van der Waals surface area contributed by atoms with Gasteiger partial charge in [0, 0.05) is 17.8 Å². The summed E-state index contributed by atoms with van der Waals surface area (Å²) in [5.41, 5.74) is 2.71. The number of nitrogens with one attached hydrogen (secondary N) is 1. The Morgan fingerprint density at radius 1 is 1.24 bits per heavy atom. The molecule has 0 unspecified atom stereocenters. The number of aromatic nitrogens is 2. The van der Waals surface area contributed by atoms with Gasteiger partial charge in [0.2, 0.25) is 0 Å². The molecule has 0 saturated heterocycles. The van der Waals surface area contributed by atoms with Crippen LogP contribution in [-0.4, -0.2) is 9.97 Å². The summed E-state index contributed by atoms with van der Waals surface area (Å²) in [4.78, 5) is 8.40. The zero-order valence-corrected chi connectivity index (χ0v) is 10.8. The van der Waals surface area contributed by atoms with E-state index in [0.29, 0.717) is 16.7 Å². The van der Waals surface area contributed by atoms with Crippen molar-refractivity contribution in [1.29, 1.82) is 0 Å². The molecule has 0 aliphatic carbocycles. The van der Waals surface area contributed by atoms with E-state index < -0.39 is 0 Å². The predicted octanol–water partition coefficient (Wildman–Crippen LogP) is 3.92. The van der Waals surface area contributed by atoms with Gasteiger partial charge in [-0.2, -0.15) is 0 Å². The largest absolute Gasteiger partial charge is 0.338 e. The van der Waals surface area contributed by atoms with Crippen LogP contribution in [0.5, 0.6) is 0 Å². The second kappa shape index (κ2) is 5.34. The maximum Gasteiger partial charge on any atom is 0.149 e. The number of pyridine rings is 2. The highest BCUT2D eigenvalue weighted by molar-refractivity contribution is 6.33. The molecule has 0 aliphatic rings. The van der Waals surface area contributed by atoms with E-state index in [1.54, 1.807) is 18.5 Å². The molecule has 0 aliphatic heterocycles. The van der Waals surface area contributed by atoms with Crippen molar-refractivity contribution in [2.75, 3.05) is 5.32 Å². The Labute approximate surface area is 110 Å². The second-order valence-corrected chi connectivity index (χ2v) is 4.30. The molecule has 0 spiro atoms. The van der Waals surface area contributed by atoms with E-state index in [0.717, 1.165) is 16.9 Å². The third kappa shape index (κ3) is 3.08. The first kappa shape index (κ1) is 12.1. The number of alkyl halides is 1. The second-order valence-electron chi connectivity index (χ2n) is 3.62. The van der Waals surface area contributed by atoms with Gasteiger partial charge >= 0.3 is 0 Å². The van der Waals surface area contributed by atoms with Crippen LogP contribution in [0.3, 0.4) is 0 Å². The monoisotopic (exact) mass is 267 g/mol. The van der Waals surface area contributed by atoms with Crippen molar-refractivity contribution in [1.82, 2.24) is 9.97 Å². The summed E-state index contributed by atoms with van der Waals surface area (Å²) in [6.45, 7) is 1.93. The highest BCUT2D eigenvalue weighted by Crippen LogP contribution is 2.24. The average molecular weight is 268 g/mol. The van der Waals surface area contributed by atoms with Gasteiger partial charge in [0.25, 0.3) is 0 Å². The van der Waals surface area contributed by atoms with Crippen molar-refractivity contribution < 1.29 is 0 Å². The Hall–Kier alpha value is -1.32. The van der Waals surface area contributed by atoms with Gasteiger partial charge in [-0.15, -0.1) is 11.6 Å². The maximum atomic E-state index is 6.09. The molecule has 5 heteroatoms. The van der Waals surface area contributed by atoms with Crippen LogP contribution in [-0.2, 0) is 5.88 Å². The summed E-state index contributed by atoms with van der Waals surface area (Å²) in [7, 11) is 0. The summed E-state index contributed by atoms with van der Waals surface area (Å²) in [6, 6.07) is 5.64. The molecule has 2 heterocycles. The van der Waals surface area contributed by atoms with Gasteiger partial charge in [-0.3, -0.25) is 4.98 Å². The molecule has 0 saturated carbocycles. The molecule has 2 aromatic rings. The molecular formula is C12H11Cl2N3. The normalized spacial score (nSPS) is 10.3. The van der Waals surface area contributed by atoms with Crippen LogP contribution in [0.15, 0.2) is 30.6 Å². The van der Waals surface area contributed by atoms with Gasteiger partial charge < -0.3 is 5.32 Å². The van der Waals surface area contributed by atoms with Gasteiger partial charge in [-0.1, -0.05) is 11.6 Å². The molecule has 0 aromatic carbocycles. The molecule has 3 nitrogen and oxygen atoms in total. The van der Waals surface area contributed by atoms with Crippen LogP contribution in [0, 0.1) is 6.92 Å². The van der Waals surface area contributed by atoms with Crippen molar-refractivity contribution in [3.8, 4) is 0 Å². The van der Waals surface area contributed by atoms with E-state index in [1.165, 1.54) is 0 Å². The average Bonchev–Trinajstić information content (AvgIpc) is 2.34. The quantitative estimate of drug-likeness (QED) is 0.857. The standard InChI is InChI=1S/C12H11Cl2N3/c1-8-2-3-10(7-15-8)17-12-11(14)4-9(5-13)6-16-12/h2-4,6-7H,5H2,1H3,(H,16,17). The zero-order valence-electron chi connectivity index (χ0n) is 9.24. The Morgan fingerprint density at radius 3 is 2.65 bits per heavy atom.